The molecule has 1 aliphatic heterocycles. The molecule has 0 spiro atoms. The first-order valence-corrected chi connectivity index (χ1v) is 9.71. The number of hydrogen-bond acceptors (Lipinski definition) is 3. The second-order valence-corrected chi connectivity index (χ2v) is 7.36. The van der Waals surface area contributed by atoms with Gasteiger partial charge in [-0.05, 0) is 43.5 Å². The average molecular weight is 382 g/mol. The second-order valence-electron chi connectivity index (χ2n) is 7.36. The summed E-state index contributed by atoms with van der Waals surface area (Å²) in [4.78, 5) is 28.2. The van der Waals surface area contributed by atoms with E-state index >= 15 is 0 Å². The third kappa shape index (κ3) is 3.46. The summed E-state index contributed by atoms with van der Waals surface area (Å²) in [7, 11) is 0. The van der Waals surface area contributed by atoms with Crippen molar-refractivity contribution in [2.75, 3.05) is 13.1 Å². The molecule has 1 fully saturated rings. The number of hydrogen-bond donors (Lipinski definition) is 0. The highest BCUT2D eigenvalue weighted by atomic mass is 19.1. The standard InChI is InChI=1S/C22H23FN2O3/c1-15-19(21(26)24-10-4-2-3-5-11-24)20-18(28-15)9-12-25(22(20)27)14-16-7-6-8-17(23)13-16/h6-9,12-13H,2-5,10-11,14H2,1H3. The van der Waals surface area contributed by atoms with Crippen molar-refractivity contribution in [3.63, 3.8) is 0 Å². The molecule has 4 rings (SSSR count). The third-order valence-corrected chi connectivity index (χ3v) is 5.34. The van der Waals surface area contributed by atoms with Crippen LogP contribution in [0.5, 0.6) is 0 Å². The van der Waals surface area contributed by atoms with Crippen LogP contribution in [0.4, 0.5) is 4.39 Å². The Morgan fingerprint density at radius 2 is 1.89 bits per heavy atom. The molecule has 2 aromatic heterocycles. The van der Waals surface area contributed by atoms with Crippen LogP contribution in [0.25, 0.3) is 11.0 Å². The number of aromatic nitrogens is 1. The van der Waals surface area contributed by atoms with Gasteiger partial charge in [-0.3, -0.25) is 9.59 Å². The van der Waals surface area contributed by atoms with E-state index in [9.17, 15) is 14.0 Å². The summed E-state index contributed by atoms with van der Waals surface area (Å²) in [6.45, 7) is 3.36. The van der Waals surface area contributed by atoms with Gasteiger partial charge in [0, 0.05) is 19.3 Å². The first kappa shape index (κ1) is 18.5. The minimum atomic E-state index is -0.345. The number of benzene rings is 1. The number of pyridine rings is 1. The number of carbonyl (C=O) groups is 1. The van der Waals surface area contributed by atoms with Crippen molar-refractivity contribution >= 4 is 16.9 Å². The lowest BCUT2D eigenvalue weighted by Gasteiger charge is -2.20. The Balaban J connectivity index is 1.76. The fraction of sp³-hybridized carbons (Fsp3) is 0.364. The number of halogens is 1. The van der Waals surface area contributed by atoms with Gasteiger partial charge in [0.2, 0.25) is 0 Å². The zero-order valence-corrected chi connectivity index (χ0v) is 15.9. The van der Waals surface area contributed by atoms with E-state index < -0.39 is 0 Å². The van der Waals surface area contributed by atoms with Gasteiger partial charge in [-0.1, -0.05) is 25.0 Å². The number of likely N-dealkylation sites (tertiary alicyclic amines) is 1. The van der Waals surface area contributed by atoms with E-state index in [0.29, 0.717) is 40.9 Å². The number of carbonyl (C=O) groups excluding carboxylic acids is 1. The number of fused-ring (bicyclic) bond motifs is 1. The normalized spacial score (nSPS) is 15.0. The summed E-state index contributed by atoms with van der Waals surface area (Å²) in [6, 6.07) is 7.85. The van der Waals surface area contributed by atoms with Crippen molar-refractivity contribution in [1.82, 2.24) is 9.47 Å². The topological polar surface area (TPSA) is 55.5 Å². The molecule has 1 saturated heterocycles. The molecule has 146 valence electrons. The smallest absolute Gasteiger partial charge is 0.262 e. The van der Waals surface area contributed by atoms with Crippen LogP contribution in [0.1, 0.15) is 47.4 Å². The quantitative estimate of drug-likeness (QED) is 0.685. The minimum Gasteiger partial charge on any atom is -0.460 e. The van der Waals surface area contributed by atoms with Crippen molar-refractivity contribution in [2.45, 2.75) is 39.2 Å². The van der Waals surface area contributed by atoms with Crippen LogP contribution in [-0.4, -0.2) is 28.5 Å². The molecule has 3 heterocycles. The van der Waals surface area contributed by atoms with Crippen molar-refractivity contribution in [3.8, 4) is 0 Å². The Bertz CT molecular complexity index is 1080. The van der Waals surface area contributed by atoms with E-state index in [-0.39, 0.29) is 23.8 Å². The Labute approximate surface area is 162 Å². The fourth-order valence-corrected chi connectivity index (χ4v) is 3.91. The number of nitrogens with zero attached hydrogens (tertiary/aromatic N) is 2. The molecule has 3 aromatic rings. The molecule has 1 amide bonds. The van der Waals surface area contributed by atoms with Crippen LogP contribution in [0.2, 0.25) is 0 Å². The van der Waals surface area contributed by atoms with Crippen molar-refractivity contribution in [2.24, 2.45) is 0 Å². The van der Waals surface area contributed by atoms with Gasteiger partial charge in [-0.25, -0.2) is 4.39 Å². The maximum absolute atomic E-state index is 13.5. The molecular weight excluding hydrogens is 359 g/mol. The van der Waals surface area contributed by atoms with Crippen LogP contribution < -0.4 is 5.56 Å². The summed E-state index contributed by atoms with van der Waals surface area (Å²) in [6.07, 6.45) is 5.82. The highest BCUT2D eigenvalue weighted by molar-refractivity contribution is 6.06. The number of amides is 1. The molecule has 0 saturated carbocycles. The summed E-state index contributed by atoms with van der Waals surface area (Å²) < 4.78 is 20.7. The van der Waals surface area contributed by atoms with Crippen LogP contribution in [0.15, 0.2) is 45.7 Å². The molecule has 1 aromatic carbocycles. The molecule has 0 radical (unpaired) electrons. The summed E-state index contributed by atoms with van der Waals surface area (Å²) in [5, 5.41) is 0.311. The van der Waals surface area contributed by atoms with Crippen molar-refractivity contribution < 1.29 is 13.6 Å². The molecule has 0 unspecified atom stereocenters. The van der Waals surface area contributed by atoms with Crippen molar-refractivity contribution in [3.05, 3.63) is 69.6 Å². The number of furan rings is 1. The molecule has 5 nitrogen and oxygen atoms in total. The zero-order chi connectivity index (χ0) is 19.7. The lowest BCUT2D eigenvalue weighted by Crippen LogP contribution is -2.33. The van der Waals surface area contributed by atoms with E-state index in [4.69, 9.17) is 4.42 Å². The maximum atomic E-state index is 13.5. The van der Waals surface area contributed by atoms with Gasteiger partial charge in [-0.2, -0.15) is 0 Å². The van der Waals surface area contributed by atoms with Crippen LogP contribution in [0.3, 0.4) is 0 Å². The van der Waals surface area contributed by atoms with Gasteiger partial charge in [0.1, 0.15) is 17.2 Å². The maximum Gasteiger partial charge on any atom is 0.262 e. The summed E-state index contributed by atoms with van der Waals surface area (Å²) in [5.41, 5.74) is 1.16. The van der Waals surface area contributed by atoms with E-state index in [1.54, 1.807) is 31.3 Å². The molecule has 1 aliphatic rings. The summed E-state index contributed by atoms with van der Waals surface area (Å²) in [5.74, 6) is -0.0218. The first-order chi connectivity index (χ1) is 13.5. The molecular formula is C22H23FN2O3. The van der Waals surface area contributed by atoms with Gasteiger partial charge in [0.15, 0.2) is 0 Å². The van der Waals surface area contributed by atoms with Gasteiger partial charge in [-0.15, -0.1) is 0 Å². The average Bonchev–Trinajstić information content (AvgIpc) is 2.84. The lowest BCUT2D eigenvalue weighted by atomic mass is 10.1. The zero-order valence-electron chi connectivity index (χ0n) is 15.9. The van der Waals surface area contributed by atoms with Crippen LogP contribution in [-0.2, 0) is 6.54 Å². The molecule has 6 heteroatoms. The Morgan fingerprint density at radius 3 is 2.61 bits per heavy atom. The Kier molecular flexibility index (Phi) is 5.03. The molecule has 0 aliphatic carbocycles. The predicted molar refractivity (Wildman–Crippen MR) is 105 cm³/mol. The molecule has 28 heavy (non-hydrogen) atoms. The largest absolute Gasteiger partial charge is 0.460 e. The highest BCUT2D eigenvalue weighted by Crippen LogP contribution is 2.25. The molecule has 0 atom stereocenters. The van der Waals surface area contributed by atoms with E-state index in [1.165, 1.54) is 16.7 Å². The molecule has 0 N–H and O–H groups in total. The first-order valence-electron chi connectivity index (χ1n) is 9.71. The predicted octanol–water partition coefficient (Wildman–Crippen LogP) is 4.11. The number of aryl methyl sites for hydroxylation is 1. The van der Waals surface area contributed by atoms with E-state index in [2.05, 4.69) is 0 Å². The SMILES string of the molecule is Cc1oc2ccn(Cc3cccc(F)c3)c(=O)c2c1C(=O)N1CCCCCC1. The molecule has 0 bridgehead atoms. The number of rotatable bonds is 3. The monoisotopic (exact) mass is 382 g/mol. The Morgan fingerprint density at radius 1 is 1.14 bits per heavy atom. The Hall–Kier alpha value is -2.89. The van der Waals surface area contributed by atoms with Crippen LogP contribution >= 0.6 is 0 Å². The van der Waals surface area contributed by atoms with Crippen molar-refractivity contribution in [1.29, 1.82) is 0 Å². The van der Waals surface area contributed by atoms with Gasteiger partial charge < -0.3 is 13.9 Å². The second kappa shape index (κ2) is 7.62. The highest BCUT2D eigenvalue weighted by Gasteiger charge is 2.26. The van der Waals surface area contributed by atoms with Crippen LogP contribution in [0, 0.1) is 12.7 Å². The van der Waals surface area contributed by atoms with Gasteiger partial charge in [0.05, 0.1) is 17.5 Å². The third-order valence-electron chi connectivity index (χ3n) is 5.34. The van der Waals surface area contributed by atoms with Gasteiger partial charge >= 0.3 is 0 Å². The lowest BCUT2D eigenvalue weighted by molar-refractivity contribution is 0.0761. The minimum absolute atomic E-state index is 0.140. The van der Waals surface area contributed by atoms with E-state index in [0.717, 1.165) is 25.7 Å². The van der Waals surface area contributed by atoms with Gasteiger partial charge in [0.25, 0.3) is 11.5 Å². The van der Waals surface area contributed by atoms with E-state index in [1.807, 2.05) is 4.90 Å². The fourth-order valence-electron chi connectivity index (χ4n) is 3.91. The summed E-state index contributed by atoms with van der Waals surface area (Å²) >= 11 is 0.